The first-order valence-corrected chi connectivity index (χ1v) is 6.60. The summed E-state index contributed by atoms with van der Waals surface area (Å²) in [7, 11) is 0. The smallest absolute Gasteiger partial charge is 0.285 e. The van der Waals surface area contributed by atoms with Crippen molar-refractivity contribution in [2.75, 3.05) is 6.54 Å². The van der Waals surface area contributed by atoms with Gasteiger partial charge in [-0.3, -0.25) is 14.9 Å². The van der Waals surface area contributed by atoms with Gasteiger partial charge in [-0.25, -0.2) is 4.39 Å². The highest BCUT2D eigenvalue weighted by Crippen LogP contribution is 2.20. The number of hydrogen-bond acceptors (Lipinski definition) is 3. The van der Waals surface area contributed by atoms with Gasteiger partial charge in [0.25, 0.3) is 11.6 Å². The number of amides is 1. The van der Waals surface area contributed by atoms with Gasteiger partial charge in [0.1, 0.15) is 11.4 Å². The maximum absolute atomic E-state index is 12.9. The number of benzene rings is 1. The summed E-state index contributed by atoms with van der Waals surface area (Å²) < 4.78 is 12.9. The lowest BCUT2D eigenvalue weighted by atomic mass is 10.1. The molecular weight excluding hydrogens is 319 g/mol. The second-order valence-corrected chi connectivity index (χ2v) is 5.56. The summed E-state index contributed by atoms with van der Waals surface area (Å²) in [6.07, 6.45) is 0. The summed E-state index contributed by atoms with van der Waals surface area (Å²) in [5, 5.41) is 13.4. The molecule has 0 aliphatic heterocycles. The summed E-state index contributed by atoms with van der Waals surface area (Å²) in [5.41, 5.74) is -0.678. The van der Waals surface area contributed by atoms with Gasteiger partial charge in [-0.1, -0.05) is 29.8 Å². The Labute approximate surface area is 118 Å². The third-order valence-electron chi connectivity index (χ3n) is 2.58. The zero-order valence-electron chi connectivity index (χ0n) is 10.5. The topological polar surface area (TPSA) is 72.2 Å². The lowest BCUT2D eigenvalue weighted by Gasteiger charge is -2.14. The highest BCUT2D eigenvalue weighted by atomic mass is 79.9. The van der Waals surface area contributed by atoms with E-state index >= 15 is 0 Å². The number of nitro groups is 1. The third kappa shape index (κ3) is 4.27. The quantitative estimate of drug-likeness (QED) is 0.512. The van der Waals surface area contributed by atoms with Crippen molar-refractivity contribution >= 4 is 27.5 Å². The van der Waals surface area contributed by atoms with Crippen LogP contribution in [0.15, 0.2) is 18.2 Å². The number of alkyl halides is 1. The van der Waals surface area contributed by atoms with Crippen LogP contribution in [0.4, 0.5) is 10.1 Å². The molecule has 1 atom stereocenters. The molecule has 1 unspecified atom stereocenters. The summed E-state index contributed by atoms with van der Waals surface area (Å²) in [5.74, 6) is -1.02. The maximum Gasteiger partial charge on any atom is 0.285 e. The fraction of sp³-hybridized carbons (Fsp3) is 0.417. The Morgan fingerprint density at radius 2 is 2.16 bits per heavy atom. The van der Waals surface area contributed by atoms with Crippen LogP contribution < -0.4 is 5.32 Å². The zero-order chi connectivity index (χ0) is 14.6. The van der Waals surface area contributed by atoms with E-state index in [0.29, 0.717) is 12.5 Å². The van der Waals surface area contributed by atoms with Gasteiger partial charge in [0.15, 0.2) is 0 Å². The summed E-state index contributed by atoms with van der Waals surface area (Å²) in [6, 6.07) is 2.88. The van der Waals surface area contributed by atoms with Crippen LogP contribution in [0.25, 0.3) is 0 Å². The molecule has 0 radical (unpaired) electrons. The van der Waals surface area contributed by atoms with Crippen LogP contribution in [-0.4, -0.2) is 22.2 Å². The molecule has 19 heavy (non-hydrogen) atoms. The second-order valence-electron chi connectivity index (χ2n) is 4.39. The summed E-state index contributed by atoms with van der Waals surface area (Å²) in [4.78, 5) is 21.9. The van der Waals surface area contributed by atoms with Gasteiger partial charge in [0.2, 0.25) is 0 Å². The predicted molar refractivity (Wildman–Crippen MR) is 72.9 cm³/mol. The van der Waals surface area contributed by atoms with Gasteiger partial charge < -0.3 is 5.32 Å². The van der Waals surface area contributed by atoms with Crippen molar-refractivity contribution in [3.8, 4) is 0 Å². The van der Waals surface area contributed by atoms with Crippen molar-refractivity contribution in [2.45, 2.75) is 18.7 Å². The van der Waals surface area contributed by atoms with Crippen molar-refractivity contribution < 1.29 is 14.1 Å². The molecule has 1 amide bonds. The molecule has 1 rings (SSSR count). The van der Waals surface area contributed by atoms with Crippen molar-refractivity contribution in [1.82, 2.24) is 5.32 Å². The second kappa shape index (κ2) is 6.60. The van der Waals surface area contributed by atoms with Gasteiger partial charge in [-0.2, -0.15) is 0 Å². The molecule has 1 aromatic carbocycles. The molecule has 7 heteroatoms. The number of nitrogens with zero attached hydrogens (tertiary/aromatic N) is 1. The number of nitro benzene ring substituents is 1. The molecule has 0 saturated carbocycles. The van der Waals surface area contributed by atoms with Crippen LogP contribution in [0.2, 0.25) is 0 Å². The number of halogens is 2. The molecule has 0 saturated heterocycles. The molecule has 104 valence electrons. The fourth-order valence-corrected chi connectivity index (χ4v) is 1.53. The zero-order valence-corrected chi connectivity index (χ0v) is 12.1. The van der Waals surface area contributed by atoms with Crippen LogP contribution in [0.1, 0.15) is 24.2 Å². The Balaban J connectivity index is 2.85. The Morgan fingerprint density at radius 1 is 1.53 bits per heavy atom. The summed E-state index contributed by atoms with van der Waals surface area (Å²) in [6.45, 7) is 4.29. The lowest BCUT2D eigenvalue weighted by Crippen LogP contribution is -2.32. The van der Waals surface area contributed by atoms with Crippen LogP contribution in [0.5, 0.6) is 0 Å². The van der Waals surface area contributed by atoms with Gasteiger partial charge in [-0.15, -0.1) is 0 Å². The first kappa shape index (κ1) is 15.6. The lowest BCUT2D eigenvalue weighted by molar-refractivity contribution is -0.385. The van der Waals surface area contributed by atoms with Crippen LogP contribution >= 0.6 is 15.9 Å². The molecule has 0 aliphatic carbocycles. The molecule has 1 N–H and O–H groups in total. The van der Waals surface area contributed by atoms with E-state index in [4.69, 9.17) is 0 Å². The van der Waals surface area contributed by atoms with E-state index in [-0.39, 0.29) is 10.4 Å². The van der Waals surface area contributed by atoms with Crippen LogP contribution in [0.3, 0.4) is 0 Å². The first-order chi connectivity index (χ1) is 8.82. The molecule has 0 spiro atoms. The average Bonchev–Trinajstić information content (AvgIpc) is 2.35. The molecule has 0 fully saturated rings. The largest absolute Gasteiger partial charge is 0.351 e. The van der Waals surface area contributed by atoms with E-state index in [9.17, 15) is 19.3 Å². The third-order valence-corrected chi connectivity index (χ3v) is 3.96. The highest BCUT2D eigenvalue weighted by Gasteiger charge is 2.21. The Morgan fingerprint density at radius 3 is 2.68 bits per heavy atom. The minimum atomic E-state index is -0.772. The normalized spacial score (nSPS) is 12.3. The van der Waals surface area contributed by atoms with Crippen LogP contribution in [-0.2, 0) is 0 Å². The van der Waals surface area contributed by atoms with E-state index in [1.165, 1.54) is 0 Å². The first-order valence-electron chi connectivity index (χ1n) is 5.69. The van der Waals surface area contributed by atoms with E-state index in [0.717, 1.165) is 18.2 Å². The van der Waals surface area contributed by atoms with Crippen LogP contribution in [0, 0.1) is 21.8 Å². The minimum Gasteiger partial charge on any atom is -0.351 e. The van der Waals surface area contributed by atoms with Crippen molar-refractivity contribution in [1.29, 1.82) is 0 Å². The molecule has 1 aromatic rings. The minimum absolute atomic E-state index is 0.0657. The number of hydrogen-bond donors (Lipinski definition) is 1. The van der Waals surface area contributed by atoms with Crippen molar-refractivity contribution in [2.24, 2.45) is 5.92 Å². The Hall–Kier alpha value is -1.50. The van der Waals surface area contributed by atoms with E-state index in [1.54, 1.807) is 0 Å². The SMILES string of the molecule is CC(C)C(Br)CNC(=O)c1ccc(F)cc1[N+](=O)[O-]. The monoisotopic (exact) mass is 332 g/mol. The van der Waals surface area contributed by atoms with Gasteiger partial charge in [0, 0.05) is 11.4 Å². The molecule has 0 aliphatic rings. The van der Waals surface area contributed by atoms with Crippen molar-refractivity contribution in [3.63, 3.8) is 0 Å². The Bertz CT molecular complexity index is 494. The van der Waals surface area contributed by atoms with E-state index in [1.807, 2.05) is 13.8 Å². The van der Waals surface area contributed by atoms with Gasteiger partial charge in [-0.05, 0) is 18.1 Å². The molecule has 5 nitrogen and oxygen atoms in total. The number of carbonyl (C=O) groups is 1. The molecular formula is C12H14BrFN2O3. The predicted octanol–water partition coefficient (Wildman–Crippen LogP) is 2.88. The van der Waals surface area contributed by atoms with Gasteiger partial charge >= 0.3 is 0 Å². The van der Waals surface area contributed by atoms with Crippen molar-refractivity contribution in [3.05, 3.63) is 39.7 Å². The standard InChI is InChI=1S/C12H14BrFN2O3/c1-7(2)10(13)6-15-12(17)9-4-3-8(14)5-11(9)16(18)19/h3-5,7,10H,6H2,1-2H3,(H,15,17). The average molecular weight is 333 g/mol. The number of rotatable bonds is 5. The van der Waals surface area contributed by atoms with E-state index in [2.05, 4.69) is 21.2 Å². The molecule has 0 bridgehead atoms. The Kier molecular flexibility index (Phi) is 5.41. The molecule has 0 aromatic heterocycles. The number of nitrogens with one attached hydrogen (secondary N) is 1. The van der Waals surface area contributed by atoms with Gasteiger partial charge in [0.05, 0.1) is 11.0 Å². The van der Waals surface area contributed by atoms with E-state index < -0.39 is 22.3 Å². The fourth-order valence-electron chi connectivity index (χ4n) is 1.37. The highest BCUT2D eigenvalue weighted by molar-refractivity contribution is 9.09. The number of carbonyl (C=O) groups excluding carboxylic acids is 1. The summed E-state index contributed by atoms with van der Waals surface area (Å²) >= 11 is 3.39. The maximum atomic E-state index is 12.9. The molecule has 0 heterocycles.